The number of carbonyl (C=O) groups is 3. The van der Waals surface area contributed by atoms with Crippen molar-refractivity contribution >= 4 is 40.3 Å². The number of fused-ring (bicyclic) bond motifs is 1. The Morgan fingerprint density at radius 3 is 2.43 bits per heavy atom. The van der Waals surface area contributed by atoms with Crippen molar-refractivity contribution in [3.63, 3.8) is 0 Å². The van der Waals surface area contributed by atoms with E-state index >= 15 is 0 Å². The summed E-state index contributed by atoms with van der Waals surface area (Å²) in [6.07, 6.45) is 7.01. The van der Waals surface area contributed by atoms with E-state index in [1.807, 2.05) is 58.2 Å². The molecule has 0 bridgehead atoms. The Balaban J connectivity index is 1.45. The largest absolute Gasteiger partial charge is 0.467 e. The summed E-state index contributed by atoms with van der Waals surface area (Å²) in [6, 6.07) is 23.7. The van der Waals surface area contributed by atoms with Gasteiger partial charge >= 0.3 is 5.97 Å². The topological polar surface area (TPSA) is 106 Å². The lowest BCUT2D eigenvalue weighted by atomic mass is 9.98. The van der Waals surface area contributed by atoms with Crippen LogP contribution in [0.25, 0.3) is 10.8 Å². The van der Waals surface area contributed by atoms with Gasteiger partial charge in [-0.2, -0.15) is 11.8 Å². The number of nitrogens with one attached hydrogen (secondary N) is 2. The minimum atomic E-state index is -0.706. The fraction of sp³-hybridized carbons (Fsp3) is 0.405. The summed E-state index contributed by atoms with van der Waals surface area (Å²) < 4.78 is 6.95. The highest BCUT2D eigenvalue weighted by Crippen LogP contribution is 2.18. The lowest BCUT2D eigenvalue weighted by molar-refractivity contribution is -0.145. The van der Waals surface area contributed by atoms with Crippen LogP contribution in [0, 0.1) is 5.92 Å². The van der Waals surface area contributed by atoms with E-state index in [9.17, 15) is 14.4 Å². The summed E-state index contributed by atoms with van der Waals surface area (Å²) in [4.78, 5) is 45.6. The first-order valence-corrected chi connectivity index (χ1v) is 17.6. The van der Waals surface area contributed by atoms with Gasteiger partial charge in [0, 0.05) is 37.6 Å². The van der Waals surface area contributed by atoms with E-state index < -0.39 is 12.0 Å². The van der Waals surface area contributed by atoms with Crippen molar-refractivity contribution in [3.05, 3.63) is 102 Å². The number of methoxy groups -OCH3 is 1. The first-order chi connectivity index (χ1) is 22.8. The lowest BCUT2D eigenvalue weighted by Crippen LogP contribution is -2.51. The van der Waals surface area contributed by atoms with Crippen LogP contribution in [0.15, 0.2) is 85.3 Å². The van der Waals surface area contributed by atoms with Crippen LogP contribution in [-0.2, 0) is 38.6 Å². The van der Waals surface area contributed by atoms with Crippen LogP contribution in [0.2, 0.25) is 0 Å². The molecule has 4 aromatic rings. The Labute approximate surface area is 282 Å². The quantitative estimate of drug-likeness (QED) is 0.144. The smallest absolute Gasteiger partial charge is 0.328 e. The molecule has 2 N–H and O–H groups in total. The molecule has 0 aliphatic heterocycles. The van der Waals surface area contributed by atoms with Gasteiger partial charge in [0.15, 0.2) is 0 Å². The molecule has 0 unspecified atom stereocenters. The van der Waals surface area contributed by atoms with Crippen LogP contribution in [0.1, 0.15) is 43.5 Å². The highest BCUT2D eigenvalue weighted by molar-refractivity contribution is 7.98. The van der Waals surface area contributed by atoms with E-state index in [0.29, 0.717) is 26.1 Å². The first-order valence-electron chi connectivity index (χ1n) is 16.2. The molecule has 1 heterocycles. The molecule has 0 saturated heterocycles. The van der Waals surface area contributed by atoms with E-state index in [4.69, 9.17) is 4.74 Å². The van der Waals surface area contributed by atoms with Gasteiger partial charge in [-0.1, -0.05) is 87.0 Å². The molecule has 9 nitrogen and oxygen atoms in total. The Hall–Kier alpha value is -4.15. The summed E-state index contributed by atoms with van der Waals surface area (Å²) >= 11 is 1.61. The summed E-state index contributed by atoms with van der Waals surface area (Å²) in [5, 5.41) is 8.52. The van der Waals surface area contributed by atoms with Crippen molar-refractivity contribution < 1.29 is 19.1 Å². The minimum Gasteiger partial charge on any atom is -0.467 e. The molecule has 1 aromatic heterocycles. The van der Waals surface area contributed by atoms with Crippen LogP contribution >= 0.6 is 11.8 Å². The highest BCUT2D eigenvalue weighted by atomic mass is 32.2. The van der Waals surface area contributed by atoms with Crippen LogP contribution in [0.5, 0.6) is 0 Å². The highest BCUT2D eigenvalue weighted by Gasteiger charge is 2.26. The number of esters is 1. The average Bonchev–Trinajstić information content (AvgIpc) is 3.51. The minimum absolute atomic E-state index is 0.0724. The van der Waals surface area contributed by atoms with Crippen LogP contribution in [0.3, 0.4) is 0 Å². The predicted molar refractivity (Wildman–Crippen MR) is 189 cm³/mol. The van der Waals surface area contributed by atoms with Gasteiger partial charge in [0.05, 0.1) is 26.4 Å². The van der Waals surface area contributed by atoms with Gasteiger partial charge in [-0.05, 0) is 52.3 Å². The summed E-state index contributed by atoms with van der Waals surface area (Å²) in [6.45, 7) is 5.89. The van der Waals surface area contributed by atoms with Crippen LogP contribution in [0.4, 0.5) is 0 Å². The number of nitrogens with zero attached hydrogens (tertiary/aromatic N) is 3. The van der Waals surface area contributed by atoms with E-state index in [0.717, 1.165) is 29.0 Å². The third-order valence-electron chi connectivity index (χ3n) is 8.49. The fourth-order valence-electron chi connectivity index (χ4n) is 5.62. The molecular formula is C37H47N5O4S. The van der Waals surface area contributed by atoms with Crippen molar-refractivity contribution in [2.45, 2.75) is 58.3 Å². The number of rotatable bonds is 18. The zero-order valence-electron chi connectivity index (χ0n) is 27.9. The second-order valence-corrected chi connectivity index (χ2v) is 13.0. The molecule has 0 radical (unpaired) electrons. The van der Waals surface area contributed by atoms with Gasteiger partial charge in [-0.25, -0.2) is 9.78 Å². The molecule has 250 valence electrons. The number of thioether (sulfide) groups is 1. The monoisotopic (exact) mass is 657 g/mol. The molecule has 0 saturated carbocycles. The third kappa shape index (κ3) is 11.0. The Bertz CT molecular complexity index is 1590. The summed E-state index contributed by atoms with van der Waals surface area (Å²) in [5.74, 6) is 0.0717. The Morgan fingerprint density at radius 1 is 0.957 bits per heavy atom. The fourth-order valence-corrected chi connectivity index (χ4v) is 6.09. The number of aromatic nitrogens is 2. The zero-order chi connectivity index (χ0) is 33.6. The number of imidazole rings is 1. The molecular weight excluding hydrogens is 611 g/mol. The van der Waals surface area contributed by atoms with Gasteiger partial charge in [0.1, 0.15) is 6.04 Å². The number of amides is 2. The standard InChI is InChI=1S/C37H47N5O4S/c1-5-27(2)34(24-41(22-28-11-7-6-8-12-28)25-36(44)39-33(17-18-47-4)37(45)46-3)40-35(43)20-32-21-38-26-42(32)23-29-15-16-30-13-9-10-14-31(30)19-29/h6-16,19,21,26-27,33-34H,5,17-18,20,22-25H2,1-4H3,(H,39,44)(H,40,43)/t27-,33-,34+/m0/s1. The second kappa shape index (κ2) is 18.3. The summed E-state index contributed by atoms with van der Waals surface area (Å²) in [7, 11) is 1.33. The molecule has 2 amide bonds. The van der Waals surface area contributed by atoms with Crippen LogP contribution < -0.4 is 10.6 Å². The van der Waals surface area contributed by atoms with Crippen molar-refractivity contribution in [1.82, 2.24) is 25.1 Å². The van der Waals surface area contributed by atoms with Gasteiger partial charge < -0.3 is 19.9 Å². The Morgan fingerprint density at radius 2 is 1.70 bits per heavy atom. The van der Waals surface area contributed by atoms with Gasteiger partial charge in [0.25, 0.3) is 0 Å². The number of benzene rings is 3. The van der Waals surface area contributed by atoms with E-state index in [2.05, 4.69) is 59.8 Å². The van der Waals surface area contributed by atoms with Crippen LogP contribution in [-0.4, -0.2) is 76.5 Å². The normalized spacial score (nSPS) is 13.2. The number of carbonyl (C=O) groups excluding carboxylic acids is 3. The van der Waals surface area contributed by atoms with E-state index in [-0.39, 0.29) is 36.7 Å². The van der Waals surface area contributed by atoms with Crippen molar-refractivity contribution in [1.29, 1.82) is 0 Å². The third-order valence-corrected chi connectivity index (χ3v) is 9.13. The number of hydrogen-bond acceptors (Lipinski definition) is 7. The van der Waals surface area contributed by atoms with Crippen molar-refractivity contribution in [2.24, 2.45) is 5.92 Å². The number of ether oxygens (including phenoxy) is 1. The molecule has 10 heteroatoms. The summed E-state index contributed by atoms with van der Waals surface area (Å²) in [5.41, 5.74) is 3.02. The predicted octanol–water partition coefficient (Wildman–Crippen LogP) is 5.07. The lowest BCUT2D eigenvalue weighted by Gasteiger charge is -2.31. The molecule has 47 heavy (non-hydrogen) atoms. The van der Waals surface area contributed by atoms with Gasteiger partial charge in [-0.3, -0.25) is 14.5 Å². The van der Waals surface area contributed by atoms with Crippen molar-refractivity contribution in [3.8, 4) is 0 Å². The molecule has 3 atom stereocenters. The maximum Gasteiger partial charge on any atom is 0.328 e. The maximum atomic E-state index is 13.5. The van der Waals surface area contributed by atoms with E-state index in [1.54, 1.807) is 24.3 Å². The molecule has 0 fully saturated rings. The SMILES string of the molecule is CC[C@H](C)[C@@H](CN(CC(=O)N[C@@H](CCSC)C(=O)OC)Cc1ccccc1)NC(=O)Cc1cncn1Cc1ccc2ccccc2c1. The van der Waals surface area contributed by atoms with Crippen molar-refractivity contribution in [2.75, 3.05) is 32.2 Å². The first kappa shape index (κ1) is 35.7. The van der Waals surface area contributed by atoms with E-state index in [1.165, 1.54) is 17.9 Å². The average molecular weight is 658 g/mol. The second-order valence-electron chi connectivity index (χ2n) is 12.0. The molecule has 4 rings (SSSR count). The number of hydrogen-bond donors (Lipinski definition) is 2. The van der Waals surface area contributed by atoms with Gasteiger partial charge in [0.2, 0.25) is 11.8 Å². The molecule has 0 aliphatic carbocycles. The zero-order valence-corrected chi connectivity index (χ0v) is 28.7. The molecule has 3 aromatic carbocycles. The molecule has 0 spiro atoms. The van der Waals surface area contributed by atoms with Gasteiger partial charge in [-0.15, -0.1) is 0 Å². The molecule has 0 aliphatic rings. The Kier molecular flexibility index (Phi) is 13.9. The maximum absolute atomic E-state index is 13.5.